The second-order valence-corrected chi connectivity index (χ2v) is 4.95. The summed E-state index contributed by atoms with van der Waals surface area (Å²) < 4.78 is 1.72. The van der Waals surface area contributed by atoms with Crippen molar-refractivity contribution in [3.63, 3.8) is 0 Å². The fourth-order valence-corrected chi connectivity index (χ4v) is 2.33. The average Bonchev–Trinajstić information content (AvgIpc) is 3.00. The van der Waals surface area contributed by atoms with Gasteiger partial charge in [0.2, 0.25) is 0 Å². The van der Waals surface area contributed by atoms with Crippen LogP contribution in [0.5, 0.6) is 0 Å². The first kappa shape index (κ1) is 13.1. The standard InChI is InChI=1S/C17H14N4/c1-13-3-2-4-14(7-13)15-5-6-16(9-18)17(8-15)10-21-12-19-11-20-21/h2-8,11-12H,10H2,1H3. The van der Waals surface area contributed by atoms with Crippen LogP contribution >= 0.6 is 0 Å². The molecule has 3 aromatic rings. The molecule has 102 valence electrons. The van der Waals surface area contributed by atoms with E-state index in [2.05, 4.69) is 47.3 Å². The lowest BCUT2D eigenvalue weighted by molar-refractivity contribution is 0.684. The Bertz CT molecular complexity index is 798. The maximum absolute atomic E-state index is 9.26. The summed E-state index contributed by atoms with van der Waals surface area (Å²) in [4.78, 5) is 3.93. The molecule has 0 atom stereocenters. The quantitative estimate of drug-likeness (QED) is 0.737. The average molecular weight is 274 g/mol. The number of aromatic nitrogens is 3. The Hall–Kier alpha value is -2.93. The minimum atomic E-state index is 0.544. The van der Waals surface area contributed by atoms with Crippen molar-refractivity contribution < 1.29 is 0 Å². The Balaban J connectivity index is 2.02. The second kappa shape index (κ2) is 5.59. The molecule has 0 aliphatic rings. The van der Waals surface area contributed by atoms with E-state index in [4.69, 9.17) is 0 Å². The van der Waals surface area contributed by atoms with Crippen LogP contribution in [-0.4, -0.2) is 14.8 Å². The van der Waals surface area contributed by atoms with Crippen LogP contribution in [0.4, 0.5) is 0 Å². The fraction of sp³-hybridized carbons (Fsp3) is 0.118. The molecule has 0 aliphatic heterocycles. The summed E-state index contributed by atoms with van der Waals surface area (Å²) in [5.41, 5.74) is 5.09. The Labute approximate surface area is 123 Å². The summed E-state index contributed by atoms with van der Waals surface area (Å²) in [5, 5.41) is 13.4. The fourth-order valence-electron chi connectivity index (χ4n) is 2.33. The highest BCUT2D eigenvalue weighted by molar-refractivity contribution is 5.66. The molecule has 0 bridgehead atoms. The second-order valence-electron chi connectivity index (χ2n) is 4.95. The van der Waals surface area contributed by atoms with Gasteiger partial charge in [0.15, 0.2) is 0 Å². The molecule has 3 rings (SSSR count). The van der Waals surface area contributed by atoms with Crippen molar-refractivity contribution in [1.29, 1.82) is 5.26 Å². The van der Waals surface area contributed by atoms with E-state index in [-0.39, 0.29) is 0 Å². The van der Waals surface area contributed by atoms with E-state index in [1.165, 1.54) is 11.9 Å². The molecule has 4 heteroatoms. The van der Waals surface area contributed by atoms with Gasteiger partial charge in [-0.25, -0.2) is 9.67 Å². The summed E-state index contributed by atoms with van der Waals surface area (Å²) in [6.45, 7) is 2.62. The van der Waals surface area contributed by atoms with Crippen LogP contribution in [0.15, 0.2) is 55.1 Å². The van der Waals surface area contributed by atoms with Gasteiger partial charge in [0, 0.05) is 0 Å². The van der Waals surface area contributed by atoms with E-state index < -0.39 is 0 Å². The topological polar surface area (TPSA) is 54.5 Å². The summed E-state index contributed by atoms with van der Waals surface area (Å²) in [7, 11) is 0. The van der Waals surface area contributed by atoms with Gasteiger partial charge in [-0.15, -0.1) is 0 Å². The Morgan fingerprint density at radius 1 is 1.14 bits per heavy atom. The molecule has 0 spiro atoms. The van der Waals surface area contributed by atoms with Crippen molar-refractivity contribution in [2.75, 3.05) is 0 Å². The molecule has 0 aliphatic carbocycles. The zero-order valence-electron chi connectivity index (χ0n) is 11.7. The Morgan fingerprint density at radius 2 is 2.00 bits per heavy atom. The SMILES string of the molecule is Cc1cccc(-c2ccc(C#N)c(Cn3cncn3)c2)c1. The van der Waals surface area contributed by atoms with Crippen LogP contribution in [0.3, 0.4) is 0 Å². The highest BCUT2D eigenvalue weighted by atomic mass is 15.3. The summed E-state index contributed by atoms with van der Waals surface area (Å²) in [6, 6.07) is 16.5. The number of rotatable bonds is 3. The number of hydrogen-bond donors (Lipinski definition) is 0. The largest absolute Gasteiger partial charge is 0.249 e. The normalized spacial score (nSPS) is 10.3. The highest BCUT2D eigenvalue weighted by Gasteiger charge is 2.07. The first-order valence-corrected chi connectivity index (χ1v) is 6.69. The third-order valence-corrected chi connectivity index (χ3v) is 3.38. The zero-order chi connectivity index (χ0) is 14.7. The minimum Gasteiger partial charge on any atom is -0.249 e. The molecule has 0 saturated heterocycles. The van der Waals surface area contributed by atoms with Gasteiger partial charge < -0.3 is 0 Å². The lowest BCUT2D eigenvalue weighted by Crippen LogP contribution is -2.02. The van der Waals surface area contributed by atoms with Crippen LogP contribution in [0, 0.1) is 18.3 Å². The van der Waals surface area contributed by atoms with Gasteiger partial charge in [0.25, 0.3) is 0 Å². The molecule has 1 heterocycles. The molecule has 21 heavy (non-hydrogen) atoms. The molecule has 0 amide bonds. The van der Waals surface area contributed by atoms with Crippen LogP contribution in [0.25, 0.3) is 11.1 Å². The van der Waals surface area contributed by atoms with Crippen LogP contribution in [0.1, 0.15) is 16.7 Å². The van der Waals surface area contributed by atoms with Crippen molar-refractivity contribution in [1.82, 2.24) is 14.8 Å². The maximum atomic E-state index is 9.26. The molecule has 0 N–H and O–H groups in total. The molecule has 0 radical (unpaired) electrons. The predicted molar refractivity (Wildman–Crippen MR) is 80.5 cm³/mol. The molecule has 0 saturated carbocycles. The van der Waals surface area contributed by atoms with E-state index in [1.54, 1.807) is 11.0 Å². The monoisotopic (exact) mass is 274 g/mol. The molecular weight excluding hydrogens is 260 g/mol. The van der Waals surface area contributed by atoms with Crippen LogP contribution < -0.4 is 0 Å². The number of nitrogens with zero attached hydrogens (tertiary/aromatic N) is 4. The van der Waals surface area contributed by atoms with E-state index in [0.717, 1.165) is 16.7 Å². The Kier molecular flexibility index (Phi) is 3.48. The van der Waals surface area contributed by atoms with Crippen molar-refractivity contribution in [2.45, 2.75) is 13.5 Å². The lowest BCUT2D eigenvalue weighted by Gasteiger charge is -2.08. The van der Waals surface area contributed by atoms with Gasteiger partial charge in [-0.2, -0.15) is 10.4 Å². The van der Waals surface area contributed by atoms with Gasteiger partial charge in [-0.3, -0.25) is 0 Å². The number of nitriles is 1. The predicted octanol–water partition coefficient (Wildman–Crippen LogP) is 3.17. The summed E-state index contributed by atoms with van der Waals surface area (Å²) >= 11 is 0. The van der Waals surface area contributed by atoms with E-state index in [0.29, 0.717) is 12.1 Å². The number of hydrogen-bond acceptors (Lipinski definition) is 3. The van der Waals surface area contributed by atoms with E-state index in [9.17, 15) is 5.26 Å². The van der Waals surface area contributed by atoms with Gasteiger partial charge in [-0.1, -0.05) is 35.9 Å². The number of benzene rings is 2. The highest BCUT2D eigenvalue weighted by Crippen LogP contribution is 2.23. The zero-order valence-corrected chi connectivity index (χ0v) is 11.7. The third-order valence-electron chi connectivity index (χ3n) is 3.38. The molecule has 1 aromatic heterocycles. The minimum absolute atomic E-state index is 0.544. The van der Waals surface area contributed by atoms with Crippen molar-refractivity contribution in [2.24, 2.45) is 0 Å². The van der Waals surface area contributed by atoms with E-state index >= 15 is 0 Å². The van der Waals surface area contributed by atoms with Crippen LogP contribution in [-0.2, 0) is 6.54 Å². The van der Waals surface area contributed by atoms with Crippen molar-refractivity contribution in [3.8, 4) is 17.2 Å². The first-order valence-electron chi connectivity index (χ1n) is 6.69. The first-order chi connectivity index (χ1) is 10.3. The van der Waals surface area contributed by atoms with Gasteiger partial charge >= 0.3 is 0 Å². The summed E-state index contributed by atoms with van der Waals surface area (Å²) in [6.07, 6.45) is 3.15. The number of aryl methyl sites for hydroxylation is 1. The summed E-state index contributed by atoms with van der Waals surface area (Å²) in [5.74, 6) is 0. The van der Waals surface area contributed by atoms with Crippen LogP contribution in [0.2, 0.25) is 0 Å². The van der Waals surface area contributed by atoms with E-state index in [1.807, 2.05) is 18.2 Å². The van der Waals surface area contributed by atoms with Gasteiger partial charge in [0.05, 0.1) is 18.2 Å². The van der Waals surface area contributed by atoms with Gasteiger partial charge in [0.1, 0.15) is 12.7 Å². The Morgan fingerprint density at radius 3 is 2.71 bits per heavy atom. The molecule has 0 fully saturated rings. The molecule has 2 aromatic carbocycles. The molecular formula is C17H14N4. The lowest BCUT2D eigenvalue weighted by atomic mass is 9.98. The molecule has 4 nitrogen and oxygen atoms in total. The van der Waals surface area contributed by atoms with Crippen molar-refractivity contribution >= 4 is 0 Å². The smallest absolute Gasteiger partial charge is 0.137 e. The van der Waals surface area contributed by atoms with Gasteiger partial charge in [-0.05, 0) is 35.7 Å². The third kappa shape index (κ3) is 2.82. The maximum Gasteiger partial charge on any atom is 0.137 e. The van der Waals surface area contributed by atoms with Crippen molar-refractivity contribution in [3.05, 3.63) is 71.8 Å². The molecule has 0 unspecified atom stereocenters.